The van der Waals surface area contributed by atoms with Crippen molar-refractivity contribution in [3.05, 3.63) is 108 Å². The summed E-state index contributed by atoms with van der Waals surface area (Å²) >= 11 is 0. The Kier molecular flexibility index (Phi) is 25.5. The zero-order chi connectivity index (χ0) is 65.6. The Morgan fingerprint density at radius 3 is 1.74 bits per heavy atom. The van der Waals surface area contributed by atoms with E-state index in [0.717, 1.165) is 19.3 Å². The lowest BCUT2D eigenvalue weighted by atomic mass is 9.86. The number of allylic oxidation sites excluding steroid dienone is 2. The summed E-state index contributed by atoms with van der Waals surface area (Å²) in [6.45, 7) is 22.0. The molecule has 2 aromatic carbocycles. The largest absolute Gasteiger partial charge is 0.344 e. The number of carbonyl (C=O) groups excluding carboxylic acids is 10. The number of hydrogen-bond donors (Lipinski definition) is 4. The first-order valence-electron chi connectivity index (χ1n) is 32.2. The van der Waals surface area contributed by atoms with Crippen molar-refractivity contribution in [2.45, 2.75) is 187 Å². The van der Waals surface area contributed by atoms with Crippen LogP contribution in [-0.4, -0.2) is 191 Å². The summed E-state index contributed by atoms with van der Waals surface area (Å²) in [5.41, 5.74) is 2.30. The number of likely N-dealkylation sites (N-methyl/N-ethyl adjacent to an activating group) is 4. The maximum atomic E-state index is 15.4. The Labute approximate surface area is 528 Å². The van der Waals surface area contributed by atoms with Gasteiger partial charge in [0.05, 0.1) is 6.42 Å². The van der Waals surface area contributed by atoms with E-state index >= 15 is 19.2 Å². The molecule has 0 spiro atoms. The van der Waals surface area contributed by atoms with E-state index in [1.54, 1.807) is 37.0 Å². The van der Waals surface area contributed by atoms with Crippen LogP contribution in [-0.2, 0) is 60.8 Å². The molecule has 2 aromatic rings. The zero-order valence-electron chi connectivity index (χ0n) is 55.0. The van der Waals surface area contributed by atoms with Crippen LogP contribution in [0, 0.1) is 29.6 Å². The van der Waals surface area contributed by atoms with E-state index < -0.39 is 125 Å². The Hall–Kier alpha value is -7.64. The average Bonchev–Trinajstić information content (AvgIpc) is 2.98. The third-order valence-electron chi connectivity index (χ3n) is 18.2. The molecule has 1 aliphatic carbocycles. The number of carbonyl (C=O) groups is 10. The molecule has 89 heavy (non-hydrogen) atoms. The van der Waals surface area contributed by atoms with Crippen LogP contribution in [0.1, 0.15) is 131 Å². The second-order valence-electron chi connectivity index (χ2n) is 26.3. The minimum absolute atomic E-state index is 0.00615. The van der Waals surface area contributed by atoms with E-state index in [4.69, 9.17) is 0 Å². The summed E-state index contributed by atoms with van der Waals surface area (Å²) in [7, 11) is 5.99. The smallest absolute Gasteiger partial charge is 0.246 e. The molecular formula is C69H100N10O10. The number of rotatable bonds is 12. The highest BCUT2D eigenvalue weighted by atomic mass is 16.2. The van der Waals surface area contributed by atoms with Crippen LogP contribution in [0.2, 0.25) is 0 Å². The van der Waals surface area contributed by atoms with Crippen molar-refractivity contribution in [1.82, 2.24) is 50.7 Å². The van der Waals surface area contributed by atoms with Crippen LogP contribution in [0.25, 0.3) is 0 Å². The first kappa shape index (κ1) is 70.4. The van der Waals surface area contributed by atoms with Crippen LogP contribution >= 0.6 is 0 Å². The summed E-state index contributed by atoms with van der Waals surface area (Å²) in [4.78, 5) is 158. The van der Waals surface area contributed by atoms with Gasteiger partial charge in [0.2, 0.25) is 59.1 Å². The molecule has 20 heteroatoms. The molecule has 0 saturated carbocycles. The third kappa shape index (κ3) is 17.8. The normalized spacial score (nSPS) is 27.1. The van der Waals surface area contributed by atoms with Gasteiger partial charge >= 0.3 is 0 Å². The zero-order valence-corrected chi connectivity index (χ0v) is 55.0. The van der Waals surface area contributed by atoms with Crippen molar-refractivity contribution in [3.63, 3.8) is 0 Å². The second-order valence-corrected chi connectivity index (χ2v) is 26.3. The second kappa shape index (κ2) is 32.2. The van der Waals surface area contributed by atoms with E-state index in [2.05, 4.69) is 27.8 Å². The highest BCUT2D eigenvalue weighted by Crippen LogP contribution is 2.33. The van der Waals surface area contributed by atoms with Crippen LogP contribution in [0.4, 0.5) is 0 Å². The lowest BCUT2D eigenvalue weighted by Gasteiger charge is -2.38. The molecule has 3 heterocycles. The summed E-state index contributed by atoms with van der Waals surface area (Å²) in [6, 6.07) is 7.88. The number of benzene rings is 2. The molecule has 11 atom stereocenters. The predicted molar refractivity (Wildman–Crippen MR) is 343 cm³/mol. The van der Waals surface area contributed by atoms with Crippen molar-refractivity contribution >= 4 is 59.1 Å². The molecule has 10 amide bonds. The molecule has 0 bridgehead atoms. The SMILES string of the molecule is C=C1CC(=O)N[C@@H](CC(C)C)C(=O)N2CCC[C@H]2C(=O)N(C)[C@@H](C(C)C)C(=O)N[C@@H](Cc2ccccc2)C(=O)N(C)[C@@H](Cc2ccccc2)C(=O)N(C)[C@@H](CC(C)C)C(=O)N[C@@H](C)C(=O)N(C)[C@@H](C(C)CC)C(=O)NC(C(=O)N2CCCCC2)C2C=CC=C12. The van der Waals surface area contributed by atoms with Gasteiger partial charge in [0.25, 0.3) is 0 Å². The van der Waals surface area contributed by atoms with Gasteiger partial charge in [-0.25, -0.2) is 0 Å². The molecule has 3 fully saturated rings. The van der Waals surface area contributed by atoms with Crippen LogP contribution in [0.5, 0.6) is 0 Å². The van der Waals surface area contributed by atoms with Crippen LogP contribution in [0.15, 0.2) is 96.6 Å². The minimum atomic E-state index is -1.27. The van der Waals surface area contributed by atoms with Crippen molar-refractivity contribution in [2.24, 2.45) is 29.6 Å². The Morgan fingerprint density at radius 2 is 1.16 bits per heavy atom. The van der Waals surface area contributed by atoms with Crippen molar-refractivity contribution in [2.75, 3.05) is 47.8 Å². The summed E-state index contributed by atoms with van der Waals surface area (Å²) in [6.07, 6.45) is 9.19. The highest BCUT2D eigenvalue weighted by molar-refractivity contribution is 5.99. The van der Waals surface area contributed by atoms with Gasteiger partial charge in [0.1, 0.15) is 54.4 Å². The molecule has 0 aromatic heterocycles. The quantitative estimate of drug-likeness (QED) is 0.205. The van der Waals surface area contributed by atoms with Gasteiger partial charge in [-0.05, 0) is 97.8 Å². The van der Waals surface area contributed by atoms with Gasteiger partial charge in [0.15, 0.2) is 0 Å². The number of piperidine rings is 1. The number of nitrogens with zero attached hydrogens (tertiary/aromatic N) is 6. The molecule has 6 rings (SSSR count). The minimum Gasteiger partial charge on any atom is -0.344 e. The van der Waals surface area contributed by atoms with Crippen molar-refractivity contribution in [1.29, 1.82) is 0 Å². The number of hydrogen-bond acceptors (Lipinski definition) is 10. The van der Waals surface area contributed by atoms with Gasteiger partial charge < -0.3 is 50.7 Å². The molecule has 486 valence electrons. The lowest BCUT2D eigenvalue weighted by Crippen LogP contribution is -2.62. The molecule has 4 N–H and O–H groups in total. The highest BCUT2D eigenvalue weighted by Gasteiger charge is 2.46. The molecule has 3 unspecified atom stereocenters. The number of nitrogens with one attached hydrogen (secondary N) is 4. The van der Waals surface area contributed by atoms with Crippen LogP contribution in [0.3, 0.4) is 0 Å². The van der Waals surface area contributed by atoms with Gasteiger partial charge in [-0.2, -0.15) is 0 Å². The standard InChI is InChI=1S/C69H100N10O10/c1-15-45(8)60-63(83)73-58(69(89)78-34-23-18-24-35-78)51-32-25-31-50(51)46(9)39-57(80)71-52(37-42(2)3)66(86)79-36-26-33-54(79)67(87)76(13)59(44(6)7)62(82)72-53(40-48-27-19-16-20-28-48)65(85)75(12)56(41-49-29-21-17-22-30-49)68(88)74(11)55(38-43(4)5)61(81)70-47(10)64(84)77(60)14/h16-17,19-22,25,27-32,42-45,47,51-56,58-60H,9,15,18,23-24,26,33-41H2,1-8,10-14H3,(H,70,81)(H,71,80)(H,72,82)(H,73,83)/t45?,47-,51?,52-,53-,54-,55-,56-,58?,59-,60-/m0/s1. The third-order valence-corrected chi connectivity index (χ3v) is 18.2. The predicted octanol–water partition coefficient (Wildman–Crippen LogP) is 5.61. The van der Waals surface area contributed by atoms with E-state index in [0.29, 0.717) is 54.6 Å². The fraction of sp³-hybridized carbons (Fsp3) is 0.594. The fourth-order valence-corrected chi connectivity index (χ4v) is 13.1. The maximum Gasteiger partial charge on any atom is 0.246 e. The fourth-order valence-electron chi connectivity index (χ4n) is 13.1. The number of likely N-dealkylation sites (tertiary alicyclic amines) is 1. The van der Waals surface area contributed by atoms with E-state index in [1.165, 1.54) is 59.6 Å². The first-order valence-corrected chi connectivity index (χ1v) is 32.2. The van der Waals surface area contributed by atoms with E-state index in [-0.39, 0.29) is 56.4 Å². The molecule has 3 saturated heterocycles. The Balaban J connectivity index is 1.46. The molecule has 0 radical (unpaired) electrons. The van der Waals surface area contributed by atoms with E-state index in [9.17, 15) is 28.8 Å². The van der Waals surface area contributed by atoms with Crippen molar-refractivity contribution in [3.8, 4) is 0 Å². The summed E-state index contributed by atoms with van der Waals surface area (Å²) in [5, 5.41) is 11.9. The molecule has 3 aliphatic heterocycles. The van der Waals surface area contributed by atoms with Gasteiger partial charge in [-0.15, -0.1) is 0 Å². The maximum absolute atomic E-state index is 15.4. The topological polar surface area (TPSA) is 238 Å². The number of fused-ring (bicyclic) bond motifs is 2. The summed E-state index contributed by atoms with van der Waals surface area (Å²) < 4.78 is 0. The number of amides is 10. The molecular weight excluding hydrogens is 1130 g/mol. The van der Waals surface area contributed by atoms with Gasteiger partial charge in [-0.1, -0.05) is 147 Å². The van der Waals surface area contributed by atoms with Gasteiger partial charge in [-0.3, -0.25) is 47.9 Å². The molecule has 4 aliphatic rings. The monoisotopic (exact) mass is 1230 g/mol. The Bertz CT molecular complexity index is 2920. The van der Waals surface area contributed by atoms with E-state index in [1.807, 2.05) is 102 Å². The lowest BCUT2D eigenvalue weighted by molar-refractivity contribution is -0.151. The average molecular weight is 1230 g/mol. The first-order chi connectivity index (χ1) is 42.2. The summed E-state index contributed by atoms with van der Waals surface area (Å²) in [5.74, 6) is -7.39. The van der Waals surface area contributed by atoms with Crippen LogP contribution < -0.4 is 21.3 Å². The van der Waals surface area contributed by atoms with Gasteiger partial charge in [0, 0.05) is 66.6 Å². The Morgan fingerprint density at radius 1 is 0.584 bits per heavy atom. The van der Waals surface area contributed by atoms with Crippen molar-refractivity contribution < 1.29 is 47.9 Å². The molecule has 20 nitrogen and oxygen atoms in total.